The highest BCUT2D eigenvalue weighted by Crippen LogP contribution is 2.25. The Morgan fingerprint density at radius 3 is 3.08 bits per heavy atom. The second-order valence-corrected chi connectivity index (χ2v) is 4.02. The highest BCUT2D eigenvalue weighted by atomic mass is 32.1. The van der Waals surface area contributed by atoms with Gasteiger partial charge in [-0.05, 0) is 6.92 Å². The molecule has 1 N–H and O–H groups in total. The van der Waals surface area contributed by atoms with E-state index < -0.39 is 0 Å². The summed E-state index contributed by atoms with van der Waals surface area (Å²) < 4.78 is 5.09. The van der Waals surface area contributed by atoms with Gasteiger partial charge in [0.1, 0.15) is 0 Å². The van der Waals surface area contributed by atoms with Crippen molar-refractivity contribution >= 4 is 16.5 Å². The van der Waals surface area contributed by atoms with Crippen molar-refractivity contribution in [3.8, 4) is 0 Å². The normalized spacial score (nSPS) is 12.8. The smallest absolute Gasteiger partial charge is 0.182 e. The lowest BCUT2D eigenvalue weighted by molar-refractivity contribution is 0.185. The molecule has 0 aliphatic heterocycles. The topological polar surface area (TPSA) is 34.2 Å². The van der Waals surface area contributed by atoms with E-state index >= 15 is 0 Å². The number of hydrogen-bond donors (Lipinski definition) is 1. The lowest BCUT2D eigenvalue weighted by Gasteiger charge is -2.05. The molecule has 3 nitrogen and oxygen atoms in total. The van der Waals surface area contributed by atoms with Crippen molar-refractivity contribution in [1.82, 2.24) is 4.98 Å². The Balaban J connectivity index is 2.56. The first-order valence-electron chi connectivity index (χ1n) is 4.46. The summed E-state index contributed by atoms with van der Waals surface area (Å²) in [4.78, 5) is 5.54. The molecule has 1 heterocycles. The fraction of sp³-hybridized carbons (Fsp3) is 0.667. The van der Waals surface area contributed by atoms with Crippen molar-refractivity contribution in [2.45, 2.75) is 19.8 Å². The number of nitrogens with zero attached hydrogens (tertiary/aromatic N) is 1. The van der Waals surface area contributed by atoms with E-state index in [-0.39, 0.29) is 0 Å². The molecule has 1 atom stereocenters. The second-order valence-electron chi connectivity index (χ2n) is 2.95. The summed E-state index contributed by atoms with van der Waals surface area (Å²) in [5.41, 5.74) is 0. The molecule has 0 saturated carbocycles. The Morgan fingerprint density at radius 1 is 1.69 bits per heavy atom. The molecule has 1 aromatic heterocycles. The number of rotatable bonds is 5. The molecule has 1 unspecified atom stereocenters. The fourth-order valence-corrected chi connectivity index (χ4v) is 2.00. The standard InChI is InChI=1S/C9H16N2OS/c1-4-10-9-11-5-8(13-9)7(2)6-12-3/h5,7H,4,6H2,1-3H3,(H,10,11). The zero-order valence-corrected chi connectivity index (χ0v) is 9.15. The third-order valence-electron chi connectivity index (χ3n) is 1.75. The lowest BCUT2D eigenvalue weighted by Crippen LogP contribution is -1.99. The first kappa shape index (κ1) is 10.5. The molecular formula is C9H16N2OS. The van der Waals surface area contributed by atoms with Gasteiger partial charge in [-0.2, -0.15) is 0 Å². The summed E-state index contributed by atoms with van der Waals surface area (Å²) in [7, 11) is 1.72. The van der Waals surface area contributed by atoms with Crippen LogP contribution in [0.1, 0.15) is 24.6 Å². The SMILES string of the molecule is CCNc1ncc(C(C)COC)s1. The number of anilines is 1. The zero-order chi connectivity index (χ0) is 9.68. The molecule has 1 aromatic rings. The monoisotopic (exact) mass is 200 g/mol. The number of nitrogens with one attached hydrogen (secondary N) is 1. The highest BCUT2D eigenvalue weighted by molar-refractivity contribution is 7.15. The zero-order valence-electron chi connectivity index (χ0n) is 8.33. The summed E-state index contributed by atoms with van der Waals surface area (Å²) in [6.45, 7) is 5.89. The van der Waals surface area contributed by atoms with E-state index in [9.17, 15) is 0 Å². The van der Waals surface area contributed by atoms with Crippen molar-refractivity contribution in [2.75, 3.05) is 25.6 Å². The number of aromatic nitrogens is 1. The molecular weight excluding hydrogens is 184 g/mol. The molecule has 0 fully saturated rings. The quantitative estimate of drug-likeness (QED) is 0.792. The van der Waals surface area contributed by atoms with Crippen molar-refractivity contribution in [2.24, 2.45) is 0 Å². The van der Waals surface area contributed by atoms with E-state index in [2.05, 4.69) is 24.1 Å². The maximum Gasteiger partial charge on any atom is 0.182 e. The molecule has 0 aliphatic rings. The largest absolute Gasteiger partial charge is 0.384 e. The van der Waals surface area contributed by atoms with Gasteiger partial charge in [0.2, 0.25) is 0 Å². The lowest BCUT2D eigenvalue weighted by atomic mass is 10.2. The molecule has 0 aliphatic carbocycles. The van der Waals surface area contributed by atoms with E-state index in [1.807, 2.05) is 6.20 Å². The average Bonchev–Trinajstić information content (AvgIpc) is 2.54. The van der Waals surface area contributed by atoms with E-state index in [0.29, 0.717) is 5.92 Å². The van der Waals surface area contributed by atoms with Crippen LogP contribution in [0.15, 0.2) is 6.20 Å². The van der Waals surface area contributed by atoms with E-state index in [0.717, 1.165) is 18.3 Å². The van der Waals surface area contributed by atoms with Crippen LogP contribution in [0.2, 0.25) is 0 Å². The van der Waals surface area contributed by atoms with Crippen LogP contribution in [0.5, 0.6) is 0 Å². The van der Waals surface area contributed by atoms with Crippen LogP contribution in [0, 0.1) is 0 Å². The van der Waals surface area contributed by atoms with Crippen LogP contribution in [-0.2, 0) is 4.74 Å². The molecule has 0 radical (unpaired) electrons. The molecule has 13 heavy (non-hydrogen) atoms. The van der Waals surface area contributed by atoms with Gasteiger partial charge in [0.25, 0.3) is 0 Å². The van der Waals surface area contributed by atoms with Gasteiger partial charge in [-0.1, -0.05) is 6.92 Å². The summed E-state index contributed by atoms with van der Waals surface area (Å²) in [6, 6.07) is 0. The Labute approximate surface area is 83.1 Å². The molecule has 0 saturated heterocycles. The molecule has 0 aromatic carbocycles. The summed E-state index contributed by atoms with van der Waals surface area (Å²) in [6.07, 6.45) is 1.92. The van der Waals surface area contributed by atoms with Gasteiger partial charge >= 0.3 is 0 Å². The second kappa shape index (κ2) is 5.19. The van der Waals surface area contributed by atoms with Crippen LogP contribution in [-0.4, -0.2) is 25.2 Å². The van der Waals surface area contributed by atoms with Gasteiger partial charge in [-0.25, -0.2) is 4.98 Å². The minimum atomic E-state index is 0.440. The van der Waals surface area contributed by atoms with Gasteiger partial charge in [0, 0.05) is 30.6 Å². The number of thiazole rings is 1. The molecule has 1 rings (SSSR count). The van der Waals surface area contributed by atoms with Crippen molar-refractivity contribution in [1.29, 1.82) is 0 Å². The number of hydrogen-bond acceptors (Lipinski definition) is 4. The van der Waals surface area contributed by atoms with Gasteiger partial charge in [-0.3, -0.25) is 0 Å². The maximum atomic E-state index is 5.09. The third-order valence-corrected chi connectivity index (χ3v) is 2.94. The first-order chi connectivity index (χ1) is 6.27. The van der Waals surface area contributed by atoms with Crippen LogP contribution in [0.25, 0.3) is 0 Å². The summed E-state index contributed by atoms with van der Waals surface area (Å²) in [5, 5.41) is 4.19. The third kappa shape index (κ3) is 2.97. The van der Waals surface area contributed by atoms with E-state index in [1.54, 1.807) is 18.4 Å². The van der Waals surface area contributed by atoms with Crippen molar-refractivity contribution in [3.63, 3.8) is 0 Å². The average molecular weight is 200 g/mol. The Kier molecular flexibility index (Phi) is 4.18. The molecule has 4 heteroatoms. The predicted molar refractivity (Wildman–Crippen MR) is 56.6 cm³/mol. The van der Waals surface area contributed by atoms with Crippen LogP contribution >= 0.6 is 11.3 Å². The van der Waals surface area contributed by atoms with Gasteiger partial charge in [-0.15, -0.1) is 11.3 Å². The first-order valence-corrected chi connectivity index (χ1v) is 5.28. The summed E-state index contributed by atoms with van der Waals surface area (Å²) >= 11 is 1.70. The Morgan fingerprint density at radius 2 is 2.46 bits per heavy atom. The van der Waals surface area contributed by atoms with E-state index in [4.69, 9.17) is 4.74 Å². The van der Waals surface area contributed by atoms with E-state index in [1.165, 1.54) is 4.88 Å². The fourth-order valence-electron chi connectivity index (χ4n) is 1.08. The number of ether oxygens (including phenoxy) is 1. The molecule has 0 bridgehead atoms. The Hall–Kier alpha value is -0.610. The van der Waals surface area contributed by atoms with Crippen molar-refractivity contribution in [3.05, 3.63) is 11.1 Å². The van der Waals surface area contributed by atoms with Crippen LogP contribution < -0.4 is 5.32 Å². The summed E-state index contributed by atoms with van der Waals surface area (Å²) in [5.74, 6) is 0.440. The highest BCUT2D eigenvalue weighted by Gasteiger charge is 2.08. The minimum Gasteiger partial charge on any atom is -0.384 e. The molecule has 74 valence electrons. The van der Waals surface area contributed by atoms with Gasteiger partial charge in [0.15, 0.2) is 5.13 Å². The predicted octanol–water partition coefficient (Wildman–Crippen LogP) is 2.32. The van der Waals surface area contributed by atoms with Crippen molar-refractivity contribution < 1.29 is 4.74 Å². The number of methoxy groups -OCH3 is 1. The van der Waals surface area contributed by atoms with Gasteiger partial charge < -0.3 is 10.1 Å². The van der Waals surface area contributed by atoms with Crippen LogP contribution in [0.4, 0.5) is 5.13 Å². The molecule has 0 amide bonds. The maximum absolute atomic E-state index is 5.09. The Bertz CT molecular complexity index is 250. The molecule has 0 spiro atoms. The minimum absolute atomic E-state index is 0.440. The van der Waals surface area contributed by atoms with Gasteiger partial charge in [0.05, 0.1) is 6.61 Å². The van der Waals surface area contributed by atoms with Crippen LogP contribution in [0.3, 0.4) is 0 Å².